The predicted octanol–water partition coefficient (Wildman–Crippen LogP) is 2.37. The molecule has 2 nitrogen and oxygen atoms in total. The lowest BCUT2D eigenvalue weighted by Gasteiger charge is -2.26. The van der Waals surface area contributed by atoms with Gasteiger partial charge in [-0.3, -0.25) is 4.98 Å². The van der Waals surface area contributed by atoms with Crippen LogP contribution in [0, 0.1) is 0 Å². The van der Waals surface area contributed by atoms with Gasteiger partial charge in [-0.2, -0.15) is 0 Å². The van der Waals surface area contributed by atoms with Crippen molar-refractivity contribution in [2.24, 2.45) is 5.73 Å². The molecule has 0 amide bonds. The molecule has 1 aliphatic carbocycles. The minimum absolute atomic E-state index is 0.0837. The molecule has 1 aromatic heterocycles. The molecule has 2 rings (SSSR count). The molecule has 0 bridgehead atoms. The smallest absolute Gasteiger partial charge is 0.0427 e. The highest BCUT2D eigenvalue weighted by atomic mass is 14.8. The number of pyridine rings is 1. The van der Waals surface area contributed by atoms with Gasteiger partial charge in [0.15, 0.2) is 0 Å². The summed E-state index contributed by atoms with van der Waals surface area (Å²) in [5, 5.41) is 0. The fourth-order valence-electron chi connectivity index (χ4n) is 2.46. The molecule has 1 heterocycles. The molecule has 2 N–H and O–H groups in total. The zero-order chi connectivity index (χ0) is 10.0. The molecule has 0 unspecified atom stereocenters. The molecule has 1 aliphatic rings. The second-order valence-electron chi connectivity index (χ2n) is 4.25. The highest BCUT2D eigenvalue weighted by Crippen LogP contribution is 2.37. The summed E-state index contributed by atoms with van der Waals surface area (Å²) in [4.78, 5) is 4.20. The standard InChI is InChI=1S/C12H18N2/c1-2-10-5-8-14-9-11(10)12(13)6-3-4-7-12/h5,8-9H,2-4,6-7,13H2,1H3. The van der Waals surface area contributed by atoms with Gasteiger partial charge in [0.1, 0.15) is 0 Å². The molecule has 0 radical (unpaired) electrons. The highest BCUT2D eigenvalue weighted by Gasteiger charge is 2.32. The predicted molar refractivity (Wildman–Crippen MR) is 57.9 cm³/mol. The van der Waals surface area contributed by atoms with E-state index < -0.39 is 0 Å². The van der Waals surface area contributed by atoms with Crippen LogP contribution in [0.1, 0.15) is 43.7 Å². The van der Waals surface area contributed by atoms with Crippen molar-refractivity contribution in [2.45, 2.75) is 44.6 Å². The van der Waals surface area contributed by atoms with E-state index in [-0.39, 0.29) is 5.54 Å². The van der Waals surface area contributed by atoms with Crippen LogP contribution in [-0.2, 0) is 12.0 Å². The Morgan fingerprint density at radius 3 is 2.79 bits per heavy atom. The van der Waals surface area contributed by atoms with E-state index >= 15 is 0 Å². The van der Waals surface area contributed by atoms with Crippen LogP contribution in [0.4, 0.5) is 0 Å². The molecule has 2 heteroatoms. The SMILES string of the molecule is CCc1ccncc1C1(N)CCCC1. The van der Waals surface area contributed by atoms with E-state index in [1.54, 1.807) is 0 Å². The zero-order valence-corrected chi connectivity index (χ0v) is 8.79. The van der Waals surface area contributed by atoms with E-state index in [1.165, 1.54) is 24.0 Å². The normalized spacial score (nSPS) is 19.9. The van der Waals surface area contributed by atoms with Crippen molar-refractivity contribution in [3.8, 4) is 0 Å². The van der Waals surface area contributed by atoms with Gasteiger partial charge in [0.2, 0.25) is 0 Å². The Hall–Kier alpha value is -0.890. The van der Waals surface area contributed by atoms with Gasteiger partial charge in [-0.1, -0.05) is 19.8 Å². The van der Waals surface area contributed by atoms with Crippen LogP contribution in [0.5, 0.6) is 0 Å². The maximum atomic E-state index is 6.42. The van der Waals surface area contributed by atoms with Gasteiger partial charge in [-0.25, -0.2) is 0 Å². The van der Waals surface area contributed by atoms with E-state index in [0.29, 0.717) is 0 Å². The Labute approximate surface area is 85.5 Å². The van der Waals surface area contributed by atoms with Crippen LogP contribution >= 0.6 is 0 Å². The Morgan fingerprint density at radius 2 is 2.14 bits per heavy atom. The maximum absolute atomic E-state index is 6.42. The summed E-state index contributed by atoms with van der Waals surface area (Å²) in [5.74, 6) is 0. The van der Waals surface area contributed by atoms with Crippen molar-refractivity contribution in [1.29, 1.82) is 0 Å². The number of hydrogen-bond acceptors (Lipinski definition) is 2. The van der Waals surface area contributed by atoms with Crippen LogP contribution in [0.3, 0.4) is 0 Å². The fourth-order valence-corrected chi connectivity index (χ4v) is 2.46. The summed E-state index contributed by atoms with van der Waals surface area (Å²) in [6, 6.07) is 2.10. The van der Waals surface area contributed by atoms with Gasteiger partial charge >= 0.3 is 0 Å². The summed E-state index contributed by atoms with van der Waals surface area (Å²) in [7, 11) is 0. The number of aryl methyl sites for hydroxylation is 1. The maximum Gasteiger partial charge on any atom is 0.0427 e. The van der Waals surface area contributed by atoms with Crippen molar-refractivity contribution in [1.82, 2.24) is 4.98 Å². The van der Waals surface area contributed by atoms with Gasteiger partial charge < -0.3 is 5.73 Å². The number of rotatable bonds is 2. The minimum atomic E-state index is -0.0837. The monoisotopic (exact) mass is 190 g/mol. The summed E-state index contributed by atoms with van der Waals surface area (Å²) < 4.78 is 0. The Bertz CT molecular complexity index is 314. The quantitative estimate of drug-likeness (QED) is 0.777. The molecule has 1 saturated carbocycles. The summed E-state index contributed by atoms with van der Waals surface area (Å²) in [5.41, 5.74) is 8.98. The van der Waals surface area contributed by atoms with E-state index in [2.05, 4.69) is 18.0 Å². The van der Waals surface area contributed by atoms with Crippen LogP contribution in [0.15, 0.2) is 18.5 Å². The van der Waals surface area contributed by atoms with Crippen molar-refractivity contribution in [3.05, 3.63) is 29.6 Å². The Kier molecular flexibility index (Phi) is 2.55. The first-order chi connectivity index (χ1) is 6.76. The van der Waals surface area contributed by atoms with Crippen LogP contribution in [0.25, 0.3) is 0 Å². The average Bonchev–Trinajstić information content (AvgIpc) is 2.66. The first kappa shape index (κ1) is 9.66. The van der Waals surface area contributed by atoms with Crippen molar-refractivity contribution >= 4 is 0 Å². The molecule has 0 aromatic carbocycles. The van der Waals surface area contributed by atoms with Crippen LogP contribution in [0.2, 0.25) is 0 Å². The average molecular weight is 190 g/mol. The first-order valence-electron chi connectivity index (χ1n) is 5.48. The second kappa shape index (κ2) is 3.70. The van der Waals surface area contributed by atoms with Gasteiger partial charge in [0, 0.05) is 17.9 Å². The number of nitrogens with two attached hydrogens (primary N) is 1. The largest absolute Gasteiger partial charge is 0.321 e. The third kappa shape index (κ3) is 1.55. The number of nitrogens with zero attached hydrogens (tertiary/aromatic N) is 1. The fraction of sp³-hybridized carbons (Fsp3) is 0.583. The van der Waals surface area contributed by atoms with Gasteiger partial charge in [0.05, 0.1) is 0 Å². The number of hydrogen-bond donors (Lipinski definition) is 1. The lowest BCUT2D eigenvalue weighted by atomic mass is 9.86. The molecule has 0 atom stereocenters. The molecule has 76 valence electrons. The van der Waals surface area contributed by atoms with Crippen molar-refractivity contribution in [3.63, 3.8) is 0 Å². The second-order valence-corrected chi connectivity index (χ2v) is 4.25. The van der Waals surface area contributed by atoms with Crippen LogP contribution in [-0.4, -0.2) is 4.98 Å². The molecular weight excluding hydrogens is 172 g/mol. The van der Waals surface area contributed by atoms with E-state index in [1.807, 2.05) is 12.4 Å². The third-order valence-electron chi connectivity index (χ3n) is 3.32. The minimum Gasteiger partial charge on any atom is -0.321 e. The molecule has 0 spiro atoms. The topological polar surface area (TPSA) is 38.9 Å². The van der Waals surface area contributed by atoms with E-state index in [0.717, 1.165) is 19.3 Å². The molecule has 1 aromatic rings. The third-order valence-corrected chi connectivity index (χ3v) is 3.32. The summed E-state index contributed by atoms with van der Waals surface area (Å²) in [6.07, 6.45) is 9.63. The Balaban J connectivity index is 2.39. The first-order valence-corrected chi connectivity index (χ1v) is 5.48. The lowest BCUT2D eigenvalue weighted by molar-refractivity contribution is 0.456. The van der Waals surface area contributed by atoms with Crippen molar-refractivity contribution in [2.75, 3.05) is 0 Å². The van der Waals surface area contributed by atoms with Crippen molar-refractivity contribution < 1.29 is 0 Å². The molecule has 0 saturated heterocycles. The summed E-state index contributed by atoms with van der Waals surface area (Å²) in [6.45, 7) is 2.18. The zero-order valence-electron chi connectivity index (χ0n) is 8.79. The lowest BCUT2D eigenvalue weighted by Crippen LogP contribution is -2.34. The number of aromatic nitrogens is 1. The van der Waals surface area contributed by atoms with Gasteiger partial charge in [-0.15, -0.1) is 0 Å². The highest BCUT2D eigenvalue weighted by molar-refractivity contribution is 5.31. The van der Waals surface area contributed by atoms with Gasteiger partial charge in [0.25, 0.3) is 0 Å². The summed E-state index contributed by atoms with van der Waals surface area (Å²) >= 11 is 0. The molecule has 0 aliphatic heterocycles. The van der Waals surface area contributed by atoms with Crippen LogP contribution < -0.4 is 5.73 Å². The Morgan fingerprint density at radius 1 is 1.43 bits per heavy atom. The molecular formula is C12H18N2. The molecule has 1 fully saturated rings. The van der Waals surface area contributed by atoms with Gasteiger partial charge in [-0.05, 0) is 36.5 Å². The van der Waals surface area contributed by atoms with E-state index in [9.17, 15) is 0 Å². The van der Waals surface area contributed by atoms with E-state index in [4.69, 9.17) is 5.73 Å². The molecule has 14 heavy (non-hydrogen) atoms.